The summed E-state index contributed by atoms with van der Waals surface area (Å²) in [5.74, 6) is -0.681. The summed E-state index contributed by atoms with van der Waals surface area (Å²) in [5.41, 5.74) is 1.05. The maximum Gasteiger partial charge on any atom is 0.346 e. The fraction of sp³-hybridized carbons (Fsp3) is 0.118. The minimum Gasteiger partial charge on any atom is -0.805 e. The highest BCUT2D eigenvalue weighted by Crippen LogP contribution is 2.27. The molecule has 0 aliphatic rings. The lowest BCUT2D eigenvalue weighted by molar-refractivity contribution is -0.468. The predicted molar refractivity (Wildman–Crippen MR) is 98.0 cm³/mol. The van der Waals surface area contributed by atoms with Crippen molar-refractivity contribution in [2.24, 2.45) is 0 Å². The van der Waals surface area contributed by atoms with Crippen molar-refractivity contribution in [2.75, 3.05) is 5.32 Å². The zero-order valence-electron chi connectivity index (χ0n) is 13.3. The number of carbonyl (C=O) groups excluding carboxylic acids is 1. The van der Waals surface area contributed by atoms with Crippen molar-refractivity contribution in [1.29, 1.82) is 0 Å². The van der Waals surface area contributed by atoms with E-state index in [-0.39, 0.29) is 32.5 Å². The molecule has 0 atom stereocenters. The molecule has 3 rings (SSSR count). The van der Waals surface area contributed by atoms with Gasteiger partial charge in [-0.3, -0.25) is 4.79 Å². The molecule has 0 bridgehead atoms. The van der Waals surface area contributed by atoms with Crippen LogP contribution in [0.15, 0.2) is 36.4 Å². The number of fused-ring (bicyclic) bond motifs is 1. The molecule has 0 saturated carbocycles. The molecular formula is C17H13Cl2N3O3. The van der Waals surface area contributed by atoms with Crippen LogP contribution in [0.5, 0.6) is 0 Å². The number of aromatic nitrogens is 2. The van der Waals surface area contributed by atoms with Gasteiger partial charge >= 0.3 is 11.6 Å². The number of nitrogens with one attached hydrogen (secondary N) is 1. The Bertz CT molecular complexity index is 1080. The number of hydrogen-bond acceptors (Lipinski definition) is 3. The first kappa shape index (κ1) is 17.3. The number of para-hydroxylation sites is 1. The SMILES string of the molecule is Cc1ccccc1NC(=O)c1c(C)n([O-])c2cc(Cl)c(Cl)cc2[n+]1=O. The third-order valence-electron chi connectivity index (χ3n) is 3.91. The molecule has 0 unspecified atom stereocenters. The van der Waals surface area contributed by atoms with Crippen LogP contribution in [-0.4, -0.2) is 10.6 Å². The van der Waals surface area contributed by atoms with Crippen LogP contribution in [-0.2, 0) is 0 Å². The van der Waals surface area contributed by atoms with Gasteiger partial charge in [0.05, 0.1) is 20.2 Å². The van der Waals surface area contributed by atoms with Gasteiger partial charge in [0.15, 0.2) is 0 Å². The van der Waals surface area contributed by atoms with E-state index in [1.165, 1.54) is 19.1 Å². The van der Waals surface area contributed by atoms with Gasteiger partial charge in [-0.05, 0) is 31.5 Å². The second-order valence-electron chi connectivity index (χ2n) is 5.55. The van der Waals surface area contributed by atoms with Crippen LogP contribution < -0.4 is 9.74 Å². The molecule has 1 heterocycles. The first-order valence-corrected chi connectivity index (χ1v) is 8.08. The van der Waals surface area contributed by atoms with E-state index in [9.17, 15) is 14.9 Å². The van der Waals surface area contributed by atoms with Crippen molar-refractivity contribution in [3.8, 4) is 0 Å². The molecule has 1 amide bonds. The van der Waals surface area contributed by atoms with E-state index < -0.39 is 5.91 Å². The van der Waals surface area contributed by atoms with Gasteiger partial charge in [0.25, 0.3) is 5.52 Å². The minimum atomic E-state index is -0.681. The summed E-state index contributed by atoms with van der Waals surface area (Å²) in [7, 11) is 0. The van der Waals surface area contributed by atoms with Crippen molar-refractivity contribution >= 4 is 45.8 Å². The highest BCUT2D eigenvalue weighted by molar-refractivity contribution is 6.42. The molecule has 3 aromatic rings. The first-order chi connectivity index (χ1) is 11.8. The predicted octanol–water partition coefficient (Wildman–Crippen LogP) is 4.08. The van der Waals surface area contributed by atoms with Crippen LogP contribution in [0.4, 0.5) is 5.69 Å². The molecular weight excluding hydrogens is 365 g/mol. The van der Waals surface area contributed by atoms with Gasteiger partial charge in [-0.2, -0.15) is 0 Å². The van der Waals surface area contributed by atoms with Gasteiger partial charge in [-0.1, -0.05) is 41.4 Å². The van der Waals surface area contributed by atoms with Gasteiger partial charge < -0.3 is 15.3 Å². The molecule has 128 valence electrons. The summed E-state index contributed by atoms with van der Waals surface area (Å²) in [6.45, 7) is 3.22. The van der Waals surface area contributed by atoms with E-state index in [4.69, 9.17) is 23.2 Å². The van der Waals surface area contributed by atoms with Crippen LogP contribution in [0.2, 0.25) is 10.0 Å². The van der Waals surface area contributed by atoms with E-state index in [0.717, 1.165) is 5.56 Å². The largest absolute Gasteiger partial charge is 0.805 e. The number of rotatable bonds is 2. The maximum absolute atomic E-state index is 12.7. The average molecular weight is 378 g/mol. The van der Waals surface area contributed by atoms with Gasteiger partial charge in [0, 0.05) is 16.7 Å². The van der Waals surface area contributed by atoms with Crippen LogP contribution in [0.1, 0.15) is 21.7 Å². The van der Waals surface area contributed by atoms with Gasteiger partial charge in [-0.15, -0.1) is 0 Å². The van der Waals surface area contributed by atoms with Crippen molar-refractivity contribution in [2.45, 2.75) is 13.8 Å². The number of benzene rings is 2. The normalized spacial score (nSPS) is 10.9. The van der Waals surface area contributed by atoms with Crippen molar-refractivity contribution < 1.29 is 9.22 Å². The summed E-state index contributed by atoms with van der Waals surface area (Å²) < 4.78 is 0.896. The number of nitrogens with zero attached hydrogens (tertiary/aromatic N) is 2. The summed E-state index contributed by atoms with van der Waals surface area (Å²) in [6, 6.07) is 9.69. The Labute approximate surface area is 152 Å². The Balaban J connectivity index is 2.19. The molecule has 0 aliphatic carbocycles. The summed E-state index contributed by atoms with van der Waals surface area (Å²) in [4.78, 5) is 25.3. The molecule has 1 N–H and O–H groups in total. The Morgan fingerprint density at radius 1 is 1.16 bits per heavy atom. The average Bonchev–Trinajstić information content (AvgIpc) is 2.57. The topological polar surface area (TPSA) is 80.1 Å². The molecule has 0 aliphatic heterocycles. The number of halogens is 2. The third-order valence-corrected chi connectivity index (χ3v) is 4.64. The number of carbonyl (C=O) groups is 1. The highest BCUT2D eigenvalue weighted by atomic mass is 35.5. The molecule has 0 saturated heterocycles. The molecule has 6 nitrogen and oxygen atoms in total. The standard InChI is InChI=1S/C17H13Cl2N3O3/c1-9-5-3-4-6-13(9)20-17(23)16-10(2)21(24)14-7-11(18)12(19)8-15(14)22(16)25/h3-8H,1-2H3,(H,20,23). The van der Waals surface area contributed by atoms with Gasteiger partial charge in [-0.25, -0.2) is 0 Å². The van der Waals surface area contributed by atoms with Crippen LogP contribution in [0, 0.1) is 24.0 Å². The highest BCUT2D eigenvalue weighted by Gasteiger charge is 2.28. The molecule has 1 aromatic heterocycles. The molecule has 0 fully saturated rings. The van der Waals surface area contributed by atoms with E-state index in [1.807, 2.05) is 19.1 Å². The molecule has 8 heteroatoms. The number of anilines is 1. The number of amides is 1. The Morgan fingerprint density at radius 2 is 1.80 bits per heavy atom. The fourth-order valence-corrected chi connectivity index (χ4v) is 2.86. The lowest BCUT2D eigenvalue weighted by atomic mass is 10.2. The van der Waals surface area contributed by atoms with Crippen LogP contribution in [0.25, 0.3) is 11.0 Å². The summed E-state index contributed by atoms with van der Waals surface area (Å²) in [5, 5.41) is 15.4. The Hall–Kier alpha value is -2.57. The van der Waals surface area contributed by atoms with E-state index in [1.54, 1.807) is 12.1 Å². The quantitative estimate of drug-likeness (QED) is 0.683. The lowest BCUT2D eigenvalue weighted by Crippen LogP contribution is -2.33. The molecule has 25 heavy (non-hydrogen) atoms. The van der Waals surface area contributed by atoms with Crippen molar-refractivity contribution in [1.82, 2.24) is 4.73 Å². The zero-order chi connectivity index (χ0) is 18.3. The first-order valence-electron chi connectivity index (χ1n) is 7.32. The molecule has 0 spiro atoms. The maximum atomic E-state index is 12.7. The molecule has 0 radical (unpaired) electrons. The van der Waals surface area contributed by atoms with Crippen LogP contribution >= 0.6 is 23.2 Å². The Morgan fingerprint density at radius 3 is 2.48 bits per heavy atom. The lowest BCUT2D eigenvalue weighted by Gasteiger charge is -2.17. The Kier molecular flexibility index (Phi) is 4.41. The monoisotopic (exact) mass is 377 g/mol. The second kappa shape index (κ2) is 6.38. The van der Waals surface area contributed by atoms with E-state index >= 15 is 0 Å². The van der Waals surface area contributed by atoms with Gasteiger partial charge in [0.1, 0.15) is 5.52 Å². The smallest absolute Gasteiger partial charge is 0.346 e. The fourth-order valence-electron chi connectivity index (χ4n) is 2.55. The zero-order valence-corrected chi connectivity index (χ0v) is 14.9. The summed E-state index contributed by atoms with van der Waals surface area (Å²) >= 11 is 11.9. The number of hydrogen-bond donors (Lipinski definition) is 1. The third kappa shape index (κ3) is 2.94. The number of aryl methyl sites for hydroxylation is 1. The van der Waals surface area contributed by atoms with Crippen molar-refractivity contribution in [3.63, 3.8) is 0 Å². The summed E-state index contributed by atoms with van der Waals surface area (Å²) in [6.07, 6.45) is 0. The minimum absolute atomic E-state index is 0.0352. The second-order valence-corrected chi connectivity index (χ2v) is 6.36. The van der Waals surface area contributed by atoms with E-state index in [2.05, 4.69) is 5.32 Å². The van der Waals surface area contributed by atoms with Gasteiger partial charge in [0.2, 0.25) is 0 Å². The van der Waals surface area contributed by atoms with E-state index in [0.29, 0.717) is 14.8 Å². The van der Waals surface area contributed by atoms with Crippen LogP contribution in [0.3, 0.4) is 0 Å². The molecule has 2 aromatic carbocycles. The van der Waals surface area contributed by atoms with Crippen molar-refractivity contribution in [3.05, 3.63) is 73.5 Å².